The van der Waals surface area contributed by atoms with Crippen LogP contribution in [0.2, 0.25) is 10.0 Å². The molecule has 1 aromatic heterocycles. The van der Waals surface area contributed by atoms with Crippen molar-refractivity contribution >= 4 is 40.5 Å². The van der Waals surface area contributed by atoms with Crippen LogP contribution in [0.15, 0.2) is 42.6 Å². The van der Waals surface area contributed by atoms with Crippen LogP contribution >= 0.6 is 23.2 Å². The van der Waals surface area contributed by atoms with Crippen molar-refractivity contribution in [1.29, 1.82) is 0 Å². The minimum atomic E-state index is -0.569. The number of hydrogen-bond acceptors (Lipinski definition) is 5. The number of carbonyl (C=O) groups excluding carboxylic acids is 1. The van der Waals surface area contributed by atoms with Crippen LogP contribution in [0.5, 0.6) is 11.5 Å². The van der Waals surface area contributed by atoms with Crippen LogP contribution < -0.4 is 10.1 Å². The molecule has 3 aromatic rings. The summed E-state index contributed by atoms with van der Waals surface area (Å²) in [5.41, 5.74) is 0.871. The monoisotopic (exact) mass is 434 g/mol. The molecule has 0 saturated heterocycles. The molecule has 0 fully saturated rings. The number of nitro groups is 1. The molecule has 0 radical (unpaired) electrons. The summed E-state index contributed by atoms with van der Waals surface area (Å²) in [6.45, 7) is 4.05. The Labute approximate surface area is 176 Å². The number of nitrogens with one attached hydrogen (secondary N) is 1. The first-order chi connectivity index (χ1) is 13.8. The van der Waals surface area contributed by atoms with Crippen LogP contribution in [0.1, 0.15) is 23.0 Å². The van der Waals surface area contributed by atoms with E-state index in [1.54, 1.807) is 25.1 Å². The second kappa shape index (κ2) is 8.50. The molecule has 1 heterocycles. The maximum absolute atomic E-state index is 12.6. The summed E-state index contributed by atoms with van der Waals surface area (Å²) >= 11 is 12.0. The van der Waals surface area contributed by atoms with Crippen molar-refractivity contribution in [3.63, 3.8) is 0 Å². The van der Waals surface area contributed by atoms with Crippen LogP contribution in [0.4, 0.5) is 11.4 Å². The number of benzene rings is 2. The number of nitrogens with zero attached hydrogens (tertiary/aromatic N) is 3. The van der Waals surface area contributed by atoms with Gasteiger partial charge in [0.2, 0.25) is 0 Å². The van der Waals surface area contributed by atoms with Crippen molar-refractivity contribution < 1.29 is 14.5 Å². The van der Waals surface area contributed by atoms with Gasteiger partial charge in [-0.2, -0.15) is 5.10 Å². The largest absolute Gasteiger partial charge is 0.457 e. The third-order valence-electron chi connectivity index (χ3n) is 4.03. The topological polar surface area (TPSA) is 99.3 Å². The highest BCUT2D eigenvalue weighted by Crippen LogP contribution is 2.32. The Morgan fingerprint density at radius 1 is 1.28 bits per heavy atom. The molecule has 0 unspecified atom stereocenters. The predicted molar refractivity (Wildman–Crippen MR) is 110 cm³/mol. The molecule has 0 aliphatic rings. The Balaban J connectivity index is 1.93. The molecule has 0 atom stereocenters. The van der Waals surface area contributed by atoms with Crippen LogP contribution in [-0.4, -0.2) is 20.6 Å². The second-order valence-corrected chi connectivity index (χ2v) is 6.94. The summed E-state index contributed by atoms with van der Waals surface area (Å²) in [6.07, 6.45) is 1.37. The van der Waals surface area contributed by atoms with E-state index in [0.717, 1.165) is 5.56 Å². The molecule has 29 heavy (non-hydrogen) atoms. The fraction of sp³-hybridized carbons (Fsp3) is 0.158. The van der Waals surface area contributed by atoms with Gasteiger partial charge < -0.3 is 10.1 Å². The zero-order chi connectivity index (χ0) is 21.1. The van der Waals surface area contributed by atoms with E-state index >= 15 is 0 Å². The van der Waals surface area contributed by atoms with Crippen molar-refractivity contribution in [2.75, 3.05) is 5.32 Å². The van der Waals surface area contributed by atoms with Crippen LogP contribution in [-0.2, 0) is 6.54 Å². The van der Waals surface area contributed by atoms with Crippen molar-refractivity contribution in [3.05, 3.63) is 74.0 Å². The SMILES string of the molecule is CCn1ncc(Cl)c1C(=O)Nc1cc(Oc2ccc(Cl)cc2C)cc([N+](=O)[O-])c1. The van der Waals surface area contributed by atoms with E-state index in [4.69, 9.17) is 27.9 Å². The number of halogens is 2. The smallest absolute Gasteiger partial charge is 0.275 e. The molecule has 0 spiro atoms. The van der Waals surface area contributed by atoms with E-state index in [2.05, 4.69) is 10.4 Å². The minimum absolute atomic E-state index is 0.164. The standard InChI is InChI=1S/C19H16Cl2N4O4/c1-3-24-18(16(21)10-22-24)19(26)23-13-7-14(25(27)28)9-15(8-13)29-17-5-4-12(20)6-11(17)2/h4-10H,3H2,1-2H3,(H,23,26). The molecule has 10 heteroatoms. The molecule has 8 nitrogen and oxygen atoms in total. The highest BCUT2D eigenvalue weighted by atomic mass is 35.5. The maximum atomic E-state index is 12.6. The number of nitro benzene ring substituents is 1. The molecule has 3 rings (SSSR count). The normalized spacial score (nSPS) is 10.6. The summed E-state index contributed by atoms with van der Waals surface area (Å²) < 4.78 is 7.21. The molecule has 0 aliphatic heterocycles. The molecular weight excluding hydrogens is 419 g/mol. The van der Waals surface area contributed by atoms with Crippen LogP contribution in [0.25, 0.3) is 0 Å². The molecule has 0 saturated carbocycles. The molecule has 1 amide bonds. The number of ether oxygens (including phenoxy) is 1. The lowest BCUT2D eigenvalue weighted by Crippen LogP contribution is -2.18. The number of aryl methyl sites for hydroxylation is 2. The van der Waals surface area contributed by atoms with Gasteiger partial charge in [-0.1, -0.05) is 23.2 Å². The van der Waals surface area contributed by atoms with Gasteiger partial charge in [0.1, 0.15) is 17.2 Å². The van der Waals surface area contributed by atoms with Crippen LogP contribution in [0.3, 0.4) is 0 Å². The molecule has 2 aromatic carbocycles. The Kier molecular flexibility index (Phi) is 6.05. The van der Waals surface area contributed by atoms with Gasteiger partial charge in [-0.3, -0.25) is 19.6 Å². The summed E-state index contributed by atoms with van der Waals surface area (Å²) in [6, 6.07) is 9.02. The van der Waals surface area contributed by atoms with Crippen LogP contribution in [0, 0.1) is 17.0 Å². The van der Waals surface area contributed by atoms with E-state index in [1.807, 2.05) is 6.92 Å². The third-order valence-corrected chi connectivity index (χ3v) is 4.55. The van der Waals surface area contributed by atoms with Gasteiger partial charge in [0.25, 0.3) is 11.6 Å². The van der Waals surface area contributed by atoms with Gasteiger partial charge in [0, 0.05) is 23.7 Å². The lowest BCUT2D eigenvalue weighted by atomic mass is 10.2. The number of anilines is 1. The Bertz CT molecular complexity index is 1100. The fourth-order valence-electron chi connectivity index (χ4n) is 2.69. The summed E-state index contributed by atoms with van der Waals surface area (Å²) in [4.78, 5) is 23.4. The lowest BCUT2D eigenvalue weighted by Gasteiger charge is -2.12. The molecular formula is C19H16Cl2N4O4. The zero-order valence-electron chi connectivity index (χ0n) is 15.5. The number of aromatic nitrogens is 2. The van der Waals surface area contributed by atoms with E-state index < -0.39 is 10.8 Å². The molecule has 0 bridgehead atoms. The molecule has 1 N–H and O–H groups in total. The quantitative estimate of drug-likeness (QED) is 0.409. The number of rotatable bonds is 6. The Morgan fingerprint density at radius 2 is 2.03 bits per heavy atom. The van der Waals surface area contributed by atoms with Gasteiger partial charge in [-0.25, -0.2) is 0 Å². The first kappa shape index (κ1) is 20.6. The van der Waals surface area contributed by atoms with Crippen molar-refractivity contribution in [2.45, 2.75) is 20.4 Å². The van der Waals surface area contributed by atoms with E-state index in [0.29, 0.717) is 17.3 Å². The molecule has 0 aliphatic carbocycles. The van der Waals surface area contributed by atoms with Gasteiger partial charge in [0.05, 0.1) is 27.9 Å². The van der Waals surface area contributed by atoms with E-state index in [1.165, 1.54) is 29.1 Å². The number of carbonyl (C=O) groups is 1. The first-order valence-electron chi connectivity index (χ1n) is 8.54. The van der Waals surface area contributed by atoms with Gasteiger partial charge in [-0.15, -0.1) is 0 Å². The fourth-order valence-corrected chi connectivity index (χ4v) is 3.15. The highest BCUT2D eigenvalue weighted by molar-refractivity contribution is 6.34. The molecule has 150 valence electrons. The van der Waals surface area contributed by atoms with Gasteiger partial charge >= 0.3 is 0 Å². The summed E-state index contributed by atoms with van der Waals surface area (Å²) in [5, 5.41) is 18.7. The van der Waals surface area contributed by atoms with Gasteiger partial charge in [0.15, 0.2) is 0 Å². The van der Waals surface area contributed by atoms with Crippen molar-refractivity contribution in [1.82, 2.24) is 9.78 Å². The Hall–Kier alpha value is -3.10. The van der Waals surface area contributed by atoms with Crippen molar-refractivity contribution in [3.8, 4) is 11.5 Å². The Morgan fingerprint density at radius 3 is 2.69 bits per heavy atom. The second-order valence-electron chi connectivity index (χ2n) is 6.10. The zero-order valence-corrected chi connectivity index (χ0v) is 17.0. The predicted octanol–water partition coefficient (Wildman–Crippen LogP) is 5.47. The average molecular weight is 435 g/mol. The maximum Gasteiger partial charge on any atom is 0.275 e. The lowest BCUT2D eigenvalue weighted by molar-refractivity contribution is -0.384. The number of hydrogen-bond donors (Lipinski definition) is 1. The number of amides is 1. The van der Waals surface area contributed by atoms with Crippen molar-refractivity contribution in [2.24, 2.45) is 0 Å². The first-order valence-corrected chi connectivity index (χ1v) is 9.30. The van der Waals surface area contributed by atoms with E-state index in [9.17, 15) is 14.9 Å². The summed E-state index contributed by atoms with van der Waals surface area (Å²) in [7, 11) is 0. The third kappa shape index (κ3) is 4.67. The highest BCUT2D eigenvalue weighted by Gasteiger charge is 2.19. The summed E-state index contributed by atoms with van der Waals surface area (Å²) in [5.74, 6) is 0.137. The van der Waals surface area contributed by atoms with E-state index in [-0.39, 0.29) is 27.8 Å². The number of non-ortho nitro benzene ring substituents is 1. The van der Waals surface area contributed by atoms with Gasteiger partial charge in [-0.05, 0) is 37.6 Å². The minimum Gasteiger partial charge on any atom is -0.457 e. The average Bonchev–Trinajstić information content (AvgIpc) is 3.04.